The topological polar surface area (TPSA) is 84.9 Å². The maximum atomic E-state index is 13.4. The van der Waals surface area contributed by atoms with Gasteiger partial charge in [-0.1, -0.05) is 26.0 Å². The van der Waals surface area contributed by atoms with Crippen LogP contribution >= 0.6 is 0 Å². The average Bonchev–Trinajstić information content (AvgIpc) is 2.71. The lowest BCUT2D eigenvalue weighted by Gasteiger charge is -2.27. The van der Waals surface area contributed by atoms with Gasteiger partial charge in [-0.2, -0.15) is 0 Å². The fraction of sp³-hybridized carbons (Fsp3) is 0.381. The number of methoxy groups -OCH3 is 2. The van der Waals surface area contributed by atoms with Gasteiger partial charge in [0.05, 0.1) is 24.8 Å². The van der Waals surface area contributed by atoms with E-state index in [-0.39, 0.29) is 29.1 Å². The Morgan fingerprint density at radius 3 is 2.17 bits per heavy atom. The van der Waals surface area contributed by atoms with Crippen LogP contribution < -0.4 is 19.1 Å². The first kappa shape index (κ1) is 22.5. The molecule has 0 aliphatic carbocycles. The predicted octanol–water partition coefficient (Wildman–Crippen LogP) is 3.06. The molecule has 29 heavy (non-hydrogen) atoms. The highest BCUT2D eigenvalue weighted by Crippen LogP contribution is 2.32. The van der Waals surface area contributed by atoms with Crippen LogP contribution in [0, 0.1) is 5.92 Å². The van der Waals surface area contributed by atoms with Crippen molar-refractivity contribution in [1.82, 2.24) is 5.32 Å². The summed E-state index contributed by atoms with van der Waals surface area (Å²) < 4.78 is 38.3. The molecule has 2 aromatic carbocycles. The number of rotatable bonds is 9. The van der Waals surface area contributed by atoms with E-state index in [9.17, 15) is 13.2 Å². The molecular formula is C21H28N2O5S. The Labute approximate surface area is 172 Å². The summed E-state index contributed by atoms with van der Waals surface area (Å²) in [4.78, 5) is 12.7. The third-order valence-electron chi connectivity index (χ3n) is 4.68. The van der Waals surface area contributed by atoms with Crippen LogP contribution in [0.3, 0.4) is 0 Å². The van der Waals surface area contributed by atoms with E-state index in [0.717, 1.165) is 4.31 Å². The van der Waals surface area contributed by atoms with Crippen molar-refractivity contribution in [2.75, 3.05) is 25.1 Å². The summed E-state index contributed by atoms with van der Waals surface area (Å²) in [6.07, 6.45) is 0. The van der Waals surface area contributed by atoms with Crippen molar-refractivity contribution < 1.29 is 22.7 Å². The van der Waals surface area contributed by atoms with Crippen molar-refractivity contribution in [3.05, 3.63) is 48.5 Å². The van der Waals surface area contributed by atoms with Gasteiger partial charge in [0, 0.05) is 6.04 Å². The minimum absolute atomic E-state index is 0.0499. The Balaban J connectivity index is 2.47. The molecule has 0 aliphatic rings. The second-order valence-corrected chi connectivity index (χ2v) is 8.82. The van der Waals surface area contributed by atoms with E-state index in [2.05, 4.69) is 5.32 Å². The Morgan fingerprint density at radius 1 is 1.00 bits per heavy atom. The molecule has 0 saturated heterocycles. The number of amides is 1. The summed E-state index contributed by atoms with van der Waals surface area (Å²) in [5.41, 5.74) is 0.290. The van der Waals surface area contributed by atoms with E-state index in [0.29, 0.717) is 11.5 Å². The van der Waals surface area contributed by atoms with Crippen molar-refractivity contribution in [3.63, 3.8) is 0 Å². The van der Waals surface area contributed by atoms with Gasteiger partial charge in [0.25, 0.3) is 10.0 Å². The minimum atomic E-state index is -4.03. The molecule has 0 radical (unpaired) electrons. The summed E-state index contributed by atoms with van der Waals surface area (Å²) in [6.45, 7) is 5.48. The Bertz CT molecular complexity index is 926. The zero-order chi connectivity index (χ0) is 21.6. The van der Waals surface area contributed by atoms with Gasteiger partial charge in [-0.05, 0) is 49.2 Å². The molecule has 2 rings (SSSR count). The number of hydrogen-bond acceptors (Lipinski definition) is 5. The number of sulfonamides is 1. The lowest BCUT2D eigenvalue weighted by Crippen LogP contribution is -2.45. The fourth-order valence-electron chi connectivity index (χ4n) is 2.61. The van der Waals surface area contributed by atoms with E-state index >= 15 is 0 Å². The molecule has 0 aromatic heterocycles. The van der Waals surface area contributed by atoms with Gasteiger partial charge in [0.2, 0.25) is 5.91 Å². The normalized spacial score (nSPS) is 12.3. The second kappa shape index (κ2) is 9.65. The number of benzene rings is 2. The number of carbonyl (C=O) groups excluding carboxylic acids is 1. The first-order valence-electron chi connectivity index (χ1n) is 9.30. The van der Waals surface area contributed by atoms with Gasteiger partial charge >= 0.3 is 0 Å². The first-order valence-corrected chi connectivity index (χ1v) is 10.7. The molecule has 1 atom stereocenters. The second-order valence-electron chi connectivity index (χ2n) is 6.96. The van der Waals surface area contributed by atoms with Gasteiger partial charge in [-0.3, -0.25) is 9.10 Å². The van der Waals surface area contributed by atoms with Crippen LogP contribution in [0.4, 0.5) is 5.69 Å². The monoisotopic (exact) mass is 420 g/mol. The summed E-state index contributed by atoms with van der Waals surface area (Å²) in [7, 11) is -1.06. The Hall–Kier alpha value is -2.74. The highest BCUT2D eigenvalue weighted by atomic mass is 32.2. The molecule has 0 saturated carbocycles. The molecule has 2 aromatic rings. The predicted molar refractivity (Wildman–Crippen MR) is 113 cm³/mol. The number of nitrogens with zero attached hydrogens (tertiary/aromatic N) is 1. The maximum absolute atomic E-state index is 13.4. The van der Waals surface area contributed by atoms with Crippen LogP contribution in [0.15, 0.2) is 53.4 Å². The summed E-state index contributed by atoms with van der Waals surface area (Å²) in [5.74, 6) is 0.719. The fourth-order valence-corrected chi connectivity index (χ4v) is 4.04. The molecule has 0 heterocycles. The van der Waals surface area contributed by atoms with Crippen molar-refractivity contribution in [2.24, 2.45) is 5.92 Å². The van der Waals surface area contributed by atoms with Crippen LogP contribution in [-0.4, -0.2) is 41.1 Å². The maximum Gasteiger partial charge on any atom is 0.264 e. The zero-order valence-electron chi connectivity index (χ0n) is 17.4. The summed E-state index contributed by atoms with van der Waals surface area (Å²) >= 11 is 0. The Morgan fingerprint density at radius 2 is 1.62 bits per heavy atom. The lowest BCUT2D eigenvalue weighted by molar-refractivity contribution is -0.120. The molecular weight excluding hydrogens is 392 g/mol. The third-order valence-corrected chi connectivity index (χ3v) is 6.45. The summed E-state index contributed by atoms with van der Waals surface area (Å²) in [5, 5.41) is 2.85. The van der Waals surface area contributed by atoms with Gasteiger partial charge < -0.3 is 14.8 Å². The van der Waals surface area contributed by atoms with Crippen molar-refractivity contribution >= 4 is 21.6 Å². The molecule has 0 bridgehead atoms. The number of nitrogens with one attached hydrogen (secondary N) is 1. The van der Waals surface area contributed by atoms with Crippen LogP contribution in [-0.2, 0) is 14.8 Å². The number of carbonyl (C=O) groups is 1. The molecule has 158 valence electrons. The first-order chi connectivity index (χ1) is 13.7. The highest BCUT2D eigenvalue weighted by molar-refractivity contribution is 7.92. The van der Waals surface area contributed by atoms with Crippen LogP contribution in [0.1, 0.15) is 20.8 Å². The third kappa shape index (κ3) is 5.41. The van der Waals surface area contributed by atoms with E-state index in [1.165, 1.54) is 26.4 Å². The molecule has 1 N–H and O–H groups in total. The van der Waals surface area contributed by atoms with Crippen molar-refractivity contribution in [2.45, 2.75) is 31.7 Å². The van der Waals surface area contributed by atoms with Gasteiger partial charge in [-0.25, -0.2) is 8.42 Å². The van der Waals surface area contributed by atoms with Crippen LogP contribution in [0.2, 0.25) is 0 Å². The average molecular weight is 421 g/mol. The van der Waals surface area contributed by atoms with Crippen LogP contribution in [0.25, 0.3) is 0 Å². The van der Waals surface area contributed by atoms with Gasteiger partial charge in [-0.15, -0.1) is 0 Å². The highest BCUT2D eigenvalue weighted by Gasteiger charge is 2.29. The molecule has 0 spiro atoms. The number of ether oxygens (including phenoxy) is 2. The van der Waals surface area contributed by atoms with E-state index in [1.54, 1.807) is 36.4 Å². The summed E-state index contributed by atoms with van der Waals surface area (Å²) in [6, 6.07) is 12.6. The van der Waals surface area contributed by atoms with Crippen molar-refractivity contribution in [3.8, 4) is 11.5 Å². The molecule has 0 unspecified atom stereocenters. The van der Waals surface area contributed by atoms with Gasteiger partial charge in [0.1, 0.15) is 18.0 Å². The SMILES string of the molecule is COc1ccc(S(=O)(=O)N(CC(=O)N[C@@H](C)C(C)C)c2ccccc2OC)cc1. The molecule has 8 heteroatoms. The quantitative estimate of drug-likeness (QED) is 0.674. The van der Waals surface area contributed by atoms with E-state index in [1.807, 2.05) is 20.8 Å². The van der Waals surface area contributed by atoms with E-state index < -0.39 is 15.9 Å². The molecule has 1 amide bonds. The van der Waals surface area contributed by atoms with Gasteiger partial charge in [0.15, 0.2) is 0 Å². The minimum Gasteiger partial charge on any atom is -0.497 e. The van der Waals surface area contributed by atoms with E-state index in [4.69, 9.17) is 9.47 Å². The standard InChI is InChI=1S/C21H28N2O5S/c1-15(2)16(3)22-21(24)14-23(19-8-6-7-9-20(19)28-5)29(25,26)18-12-10-17(27-4)11-13-18/h6-13,15-16H,14H2,1-5H3,(H,22,24)/t16-/m0/s1. The number of hydrogen-bond donors (Lipinski definition) is 1. The molecule has 7 nitrogen and oxygen atoms in total. The number of anilines is 1. The smallest absolute Gasteiger partial charge is 0.264 e. The molecule has 0 aliphatic heterocycles. The lowest BCUT2D eigenvalue weighted by atomic mass is 10.1. The van der Waals surface area contributed by atoms with Crippen LogP contribution in [0.5, 0.6) is 11.5 Å². The largest absolute Gasteiger partial charge is 0.497 e. The number of para-hydroxylation sites is 2. The Kier molecular flexibility index (Phi) is 7.50. The zero-order valence-corrected chi connectivity index (χ0v) is 18.2. The molecule has 0 fully saturated rings. The van der Waals surface area contributed by atoms with Crippen molar-refractivity contribution in [1.29, 1.82) is 0 Å².